The number of aryl methyl sites for hydroxylation is 1. The van der Waals surface area contributed by atoms with Crippen LogP contribution in [-0.4, -0.2) is 9.97 Å². The Balaban J connectivity index is 2.56. The molecule has 2 nitrogen and oxygen atoms in total. The van der Waals surface area contributed by atoms with Gasteiger partial charge in [0.15, 0.2) is 4.73 Å². The van der Waals surface area contributed by atoms with Crippen LogP contribution in [0.15, 0.2) is 17.0 Å². The standard InChI is InChI=1S/C8H11BrN2/c1-2-3-4-7-5-6-10-8(9)11-7/h5-6H,2-4H2,1H3. The highest BCUT2D eigenvalue weighted by molar-refractivity contribution is 9.10. The van der Waals surface area contributed by atoms with Crippen molar-refractivity contribution in [2.24, 2.45) is 0 Å². The first-order valence-electron chi connectivity index (χ1n) is 3.80. The molecule has 1 heterocycles. The Labute approximate surface area is 75.2 Å². The predicted octanol–water partition coefficient (Wildman–Crippen LogP) is 2.58. The van der Waals surface area contributed by atoms with Gasteiger partial charge in [-0.05, 0) is 34.8 Å². The molecule has 1 rings (SSSR count). The normalized spacial score (nSPS) is 10.0. The van der Waals surface area contributed by atoms with Gasteiger partial charge >= 0.3 is 0 Å². The van der Waals surface area contributed by atoms with Crippen molar-refractivity contribution in [1.82, 2.24) is 9.97 Å². The summed E-state index contributed by atoms with van der Waals surface area (Å²) in [5, 5.41) is 0. The molecule has 0 amide bonds. The van der Waals surface area contributed by atoms with Crippen LogP contribution in [0.1, 0.15) is 25.5 Å². The van der Waals surface area contributed by atoms with Crippen molar-refractivity contribution in [2.45, 2.75) is 26.2 Å². The molecule has 11 heavy (non-hydrogen) atoms. The highest BCUT2D eigenvalue weighted by Gasteiger charge is 1.94. The molecule has 0 fully saturated rings. The number of hydrogen-bond donors (Lipinski definition) is 0. The van der Waals surface area contributed by atoms with E-state index >= 15 is 0 Å². The summed E-state index contributed by atoms with van der Waals surface area (Å²) in [6.07, 6.45) is 5.24. The van der Waals surface area contributed by atoms with Gasteiger partial charge in [-0.25, -0.2) is 9.97 Å². The fraction of sp³-hybridized carbons (Fsp3) is 0.500. The van der Waals surface area contributed by atoms with Gasteiger partial charge < -0.3 is 0 Å². The summed E-state index contributed by atoms with van der Waals surface area (Å²) in [5.74, 6) is 0. The third kappa shape index (κ3) is 2.97. The highest BCUT2D eigenvalue weighted by Crippen LogP contribution is 2.05. The van der Waals surface area contributed by atoms with Gasteiger partial charge in [-0.1, -0.05) is 13.3 Å². The minimum Gasteiger partial charge on any atom is -0.231 e. The van der Waals surface area contributed by atoms with Gasteiger partial charge in [0.05, 0.1) is 0 Å². The van der Waals surface area contributed by atoms with E-state index in [4.69, 9.17) is 0 Å². The molecule has 1 aromatic heterocycles. The van der Waals surface area contributed by atoms with Crippen molar-refractivity contribution in [3.05, 3.63) is 22.7 Å². The van der Waals surface area contributed by atoms with Crippen LogP contribution in [0, 0.1) is 0 Å². The Morgan fingerprint density at radius 3 is 3.00 bits per heavy atom. The second kappa shape index (κ2) is 4.44. The lowest BCUT2D eigenvalue weighted by atomic mass is 10.2. The maximum absolute atomic E-state index is 4.22. The second-order valence-electron chi connectivity index (χ2n) is 2.42. The summed E-state index contributed by atoms with van der Waals surface area (Å²) in [5.41, 5.74) is 1.12. The number of aromatic nitrogens is 2. The van der Waals surface area contributed by atoms with E-state index in [9.17, 15) is 0 Å². The van der Waals surface area contributed by atoms with Crippen LogP contribution in [0.25, 0.3) is 0 Å². The average Bonchev–Trinajstić information content (AvgIpc) is 2.01. The molecule has 0 radical (unpaired) electrons. The summed E-state index contributed by atoms with van der Waals surface area (Å²) in [6.45, 7) is 2.18. The lowest BCUT2D eigenvalue weighted by Gasteiger charge is -1.97. The van der Waals surface area contributed by atoms with Crippen LogP contribution in [-0.2, 0) is 6.42 Å². The first-order chi connectivity index (χ1) is 5.33. The molecule has 3 heteroatoms. The number of unbranched alkanes of at least 4 members (excludes halogenated alkanes) is 1. The minimum absolute atomic E-state index is 0.686. The van der Waals surface area contributed by atoms with Crippen molar-refractivity contribution >= 4 is 15.9 Å². The molecule has 0 unspecified atom stereocenters. The quantitative estimate of drug-likeness (QED) is 0.724. The van der Waals surface area contributed by atoms with Crippen molar-refractivity contribution in [3.8, 4) is 0 Å². The first-order valence-corrected chi connectivity index (χ1v) is 4.59. The number of nitrogens with zero attached hydrogens (tertiary/aromatic N) is 2. The molecule has 0 saturated carbocycles. The number of halogens is 1. The van der Waals surface area contributed by atoms with Crippen molar-refractivity contribution < 1.29 is 0 Å². The second-order valence-corrected chi connectivity index (χ2v) is 3.13. The van der Waals surface area contributed by atoms with Crippen LogP contribution < -0.4 is 0 Å². The molecule has 0 saturated heterocycles. The molecular formula is C8H11BrN2. The fourth-order valence-electron chi connectivity index (χ4n) is 0.867. The van der Waals surface area contributed by atoms with Crippen LogP contribution in [0.5, 0.6) is 0 Å². The van der Waals surface area contributed by atoms with Crippen LogP contribution in [0.2, 0.25) is 0 Å². The van der Waals surface area contributed by atoms with Crippen molar-refractivity contribution in [2.75, 3.05) is 0 Å². The number of rotatable bonds is 3. The molecule has 0 aliphatic rings. The molecule has 0 aliphatic heterocycles. The molecule has 1 aromatic rings. The summed E-state index contributed by atoms with van der Waals surface area (Å²) >= 11 is 3.23. The molecule has 0 spiro atoms. The number of hydrogen-bond acceptors (Lipinski definition) is 2. The van der Waals surface area contributed by atoms with Crippen molar-refractivity contribution in [1.29, 1.82) is 0 Å². The Hall–Kier alpha value is -0.440. The van der Waals surface area contributed by atoms with Crippen LogP contribution in [0.4, 0.5) is 0 Å². The SMILES string of the molecule is CCCCc1ccnc(Br)n1. The van der Waals surface area contributed by atoms with E-state index in [0.29, 0.717) is 4.73 Å². The smallest absolute Gasteiger partial charge is 0.196 e. The zero-order valence-electron chi connectivity index (χ0n) is 6.55. The highest BCUT2D eigenvalue weighted by atomic mass is 79.9. The van der Waals surface area contributed by atoms with Gasteiger partial charge in [0.25, 0.3) is 0 Å². The average molecular weight is 215 g/mol. The lowest BCUT2D eigenvalue weighted by Crippen LogP contribution is -1.91. The maximum atomic E-state index is 4.22. The summed E-state index contributed by atoms with van der Waals surface area (Å²) in [4.78, 5) is 8.17. The molecule has 0 aromatic carbocycles. The van der Waals surface area contributed by atoms with E-state index in [-0.39, 0.29) is 0 Å². The van der Waals surface area contributed by atoms with Crippen LogP contribution in [0.3, 0.4) is 0 Å². The third-order valence-corrected chi connectivity index (χ3v) is 1.85. The van der Waals surface area contributed by atoms with Gasteiger partial charge in [-0.3, -0.25) is 0 Å². The molecule has 0 N–H and O–H groups in total. The maximum Gasteiger partial charge on any atom is 0.196 e. The predicted molar refractivity (Wildman–Crippen MR) is 48.3 cm³/mol. The van der Waals surface area contributed by atoms with E-state index in [1.165, 1.54) is 12.8 Å². The fourth-order valence-corrected chi connectivity index (χ4v) is 1.21. The summed E-state index contributed by atoms with van der Waals surface area (Å²) in [6, 6.07) is 1.96. The van der Waals surface area contributed by atoms with Crippen molar-refractivity contribution in [3.63, 3.8) is 0 Å². The van der Waals surface area contributed by atoms with Crippen LogP contribution >= 0.6 is 15.9 Å². The zero-order chi connectivity index (χ0) is 8.10. The molecule has 60 valence electrons. The Kier molecular flexibility index (Phi) is 3.49. The Morgan fingerprint density at radius 1 is 1.55 bits per heavy atom. The Bertz CT molecular complexity index is 225. The van der Waals surface area contributed by atoms with Gasteiger partial charge in [-0.2, -0.15) is 0 Å². The van der Waals surface area contributed by atoms with Gasteiger partial charge in [0.1, 0.15) is 0 Å². The monoisotopic (exact) mass is 214 g/mol. The van der Waals surface area contributed by atoms with E-state index in [1.807, 2.05) is 6.07 Å². The third-order valence-electron chi connectivity index (χ3n) is 1.47. The van der Waals surface area contributed by atoms with Gasteiger partial charge in [0, 0.05) is 11.9 Å². The molecule has 0 atom stereocenters. The molecule has 0 aliphatic carbocycles. The summed E-state index contributed by atoms with van der Waals surface area (Å²) < 4.78 is 0.686. The zero-order valence-corrected chi connectivity index (χ0v) is 8.13. The van der Waals surface area contributed by atoms with Gasteiger partial charge in [0.2, 0.25) is 0 Å². The first kappa shape index (κ1) is 8.65. The van der Waals surface area contributed by atoms with E-state index in [1.54, 1.807) is 6.20 Å². The minimum atomic E-state index is 0.686. The van der Waals surface area contributed by atoms with E-state index in [2.05, 4.69) is 32.8 Å². The lowest BCUT2D eigenvalue weighted by molar-refractivity contribution is 0.770. The molecular weight excluding hydrogens is 204 g/mol. The van der Waals surface area contributed by atoms with E-state index < -0.39 is 0 Å². The summed E-state index contributed by atoms with van der Waals surface area (Å²) in [7, 11) is 0. The topological polar surface area (TPSA) is 25.8 Å². The van der Waals surface area contributed by atoms with E-state index in [0.717, 1.165) is 12.1 Å². The van der Waals surface area contributed by atoms with Gasteiger partial charge in [-0.15, -0.1) is 0 Å². The molecule has 0 bridgehead atoms. The Morgan fingerprint density at radius 2 is 2.36 bits per heavy atom. The largest absolute Gasteiger partial charge is 0.231 e.